The van der Waals surface area contributed by atoms with Crippen LogP contribution in [0.15, 0.2) is 18.3 Å². The van der Waals surface area contributed by atoms with Crippen molar-refractivity contribution in [2.45, 2.75) is 0 Å². The minimum atomic E-state index is -0.462. The highest BCUT2D eigenvalue weighted by atomic mass is 16.6. The Morgan fingerprint density at radius 3 is 3.08 bits per heavy atom. The summed E-state index contributed by atoms with van der Waals surface area (Å²) < 4.78 is 0. The zero-order valence-electron chi connectivity index (χ0n) is 6.36. The van der Waals surface area contributed by atoms with E-state index in [0.29, 0.717) is 12.4 Å². The van der Waals surface area contributed by atoms with E-state index in [1.807, 2.05) is 0 Å². The molecule has 1 heterocycles. The van der Waals surface area contributed by atoms with Gasteiger partial charge in [-0.3, -0.25) is 10.1 Å². The molecule has 1 radical (unpaired) electrons. The summed E-state index contributed by atoms with van der Waals surface area (Å²) in [6.45, 7) is 3.99. The minimum Gasteiger partial charge on any atom is -0.370 e. The summed E-state index contributed by atoms with van der Waals surface area (Å²) in [6, 6.07) is 2.71. The molecule has 0 aromatic carbocycles. The van der Waals surface area contributed by atoms with E-state index in [-0.39, 0.29) is 5.69 Å². The van der Waals surface area contributed by atoms with Gasteiger partial charge < -0.3 is 5.32 Å². The first kappa shape index (κ1) is 8.45. The Kier molecular flexibility index (Phi) is 2.57. The number of nitrogens with one attached hydrogen (secondary N) is 1. The van der Waals surface area contributed by atoms with Crippen LogP contribution in [0.2, 0.25) is 0 Å². The van der Waals surface area contributed by atoms with Crippen LogP contribution in [0.4, 0.5) is 11.5 Å². The number of anilines is 1. The van der Waals surface area contributed by atoms with Crippen molar-refractivity contribution in [2.75, 3.05) is 11.9 Å². The summed E-state index contributed by atoms with van der Waals surface area (Å²) >= 11 is 0. The zero-order chi connectivity index (χ0) is 8.97. The lowest BCUT2D eigenvalue weighted by Crippen LogP contribution is -1.99. The predicted molar refractivity (Wildman–Crippen MR) is 44.7 cm³/mol. The second-order valence-electron chi connectivity index (χ2n) is 2.08. The van der Waals surface area contributed by atoms with Gasteiger partial charge in [0.15, 0.2) is 0 Å². The topological polar surface area (TPSA) is 68.1 Å². The molecule has 63 valence electrons. The summed E-state index contributed by atoms with van der Waals surface area (Å²) in [4.78, 5) is 13.7. The molecular formula is C7H8N3O2. The Morgan fingerprint density at radius 2 is 2.50 bits per heavy atom. The molecule has 0 unspecified atom stereocenters. The first-order valence-corrected chi connectivity index (χ1v) is 3.37. The molecule has 0 aliphatic carbocycles. The van der Waals surface area contributed by atoms with Crippen molar-refractivity contribution in [3.8, 4) is 0 Å². The lowest BCUT2D eigenvalue weighted by molar-refractivity contribution is -0.384. The van der Waals surface area contributed by atoms with Crippen LogP contribution in [0.1, 0.15) is 0 Å². The van der Waals surface area contributed by atoms with Crippen molar-refractivity contribution in [1.82, 2.24) is 4.98 Å². The Hall–Kier alpha value is -1.65. The lowest BCUT2D eigenvalue weighted by atomic mass is 10.4. The van der Waals surface area contributed by atoms with E-state index in [1.54, 1.807) is 0 Å². The predicted octanol–water partition coefficient (Wildman–Crippen LogP) is 1.24. The SMILES string of the molecule is [CH2]CNc1cc([N+](=O)[O-])ccn1. The van der Waals surface area contributed by atoms with Gasteiger partial charge in [-0.25, -0.2) is 4.98 Å². The Labute approximate surface area is 69.6 Å². The van der Waals surface area contributed by atoms with Crippen molar-refractivity contribution >= 4 is 11.5 Å². The lowest BCUT2D eigenvalue weighted by Gasteiger charge is -1.99. The number of nitrogens with zero attached hydrogens (tertiary/aromatic N) is 2. The van der Waals surface area contributed by atoms with Gasteiger partial charge in [-0.1, -0.05) is 0 Å². The minimum absolute atomic E-state index is 0.0287. The smallest absolute Gasteiger partial charge is 0.274 e. The van der Waals surface area contributed by atoms with E-state index >= 15 is 0 Å². The number of nitro groups is 1. The highest BCUT2D eigenvalue weighted by Gasteiger charge is 2.04. The van der Waals surface area contributed by atoms with Gasteiger partial charge in [-0.2, -0.15) is 0 Å². The molecule has 0 amide bonds. The molecule has 1 aromatic heterocycles. The van der Waals surface area contributed by atoms with E-state index in [0.717, 1.165) is 0 Å². The molecule has 1 aromatic rings. The second kappa shape index (κ2) is 3.66. The van der Waals surface area contributed by atoms with Crippen LogP contribution in [-0.2, 0) is 0 Å². The van der Waals surface area contributed by atoms with Crippen LogP contribution in [-0.4, -0.2) is 16.5 Å². The summed E-state index contributed by atoms with van der Waals surface area (Å²) in [5.41, 5.74) is 0.0287. The Bertz CT molecular complexity index is 288. The van der Waals surface area contributed by atoms with Gasteiger partial charge in [0.25, 0.3) is 5.69 Å². The molecule has 0 saturated heterocycles. The molecular weight excluding hydrogens is 158 g/mol. The normalized spacial score (nSPS) is 9.42. The number of hydrogen-bond acceptors (Lipinski definition) is 4. The summed E-state index contributed by atoms with van der Waals surface area (Å²) in [6.07, 6.45) is 1.39. The Morgan fingerprint density at radius 1 is 1.75 bits per heavy atom. The molecule has 0 aliphatic heterocycles. The van der Waals surface area contributed by atoms with Crippen molar-refractivity contribution in [1.29, 1.82) is 0 Å². The third-order valence-corrected chi connectivity index (χ3v) is 1.26. The van der Waals surface area contributed by atoms with E-state index in [9.17, 15) is 10.1 Å². The standard InChI is InChI=1S/C7H8N3O2/c1-2-8-7-5-6(10(11)12)3-4-9-7/h3-5H,1-2H2,(H,8,9). The van der Waals surface area contributed by atoms with E-state index < -0.39 is 4.92 Å². The summed E-state index contributed by atoms with van der Waals surface area (Å²) in [5.74, 6) is 0.471. The van der Waals surface area contributed by atoms with Gasteiger partial charge in [0, 0.05) is 18.8 Å². The monoisotopic (exact) mass is 166 g/mol. The molecule has 0 spiro atoms. The van der Waals surface area contributed by atoms with Gasteiger partial charge >= 0.3 is 0 Å². The van der Waals surface area contributed by atoms with Gasteiger partial charge in [-0.15, -0.1) is 0 Å². The van der Waals surface area contributed by atoms with Crippen molar-refractivity contribution in [3.63, 3.8) is 0 Å². The maximum absolute atomic E-state index is 10.3. The summed E-state index contributed by atoms with van der Waals surface area (Å²) in [5, 5.41) is 13.1. The molecule has 0 saturated carbocycles. The van der Waals surface area contributed by atoms with Gasteiger partial charge in [-0.05, 0) is 6.92 Å². The van der Waals surface area contributed by atoms with Crippen molar-refractivity contribution in [2.24, 2.45) is 0 Å². The third-order valence-electron chi connectivity index (χ3n) is 1.26. The van der Waals surface area contributed by atoms with Gasteiger partial charge in [0.1, 0.15) is 5.82 Å². The first-order valence-electron chi connectivity index (χ1n) is 3.37. The molecule has 0 fully saturated rings. The van der Waals surface area contributed by atoms with Crippen LogP contribution < -0.4 is 5.32 Å². The second-order valence-corrected chi connectivity index (χ2v) is 2.08. The molecule has 0 bridgehead atoms. The van der Waals surface area contributed by atoms with Gasteiger partial charge in [0.05, 0.1) is 11.0 Å². The highest BCUT2D eigenvalue weighted by Crippen LogP contribution is 2.13. The molecule has 1 rings (SSSR count). The maximum atomic E-state index is 10.3. The molecule has 12 heavy (non-hydrogen) atoms. The fraction of sp³-hybridized carbons (Fsp3) is 0.143. The molecule has 5 heteroatoms. The summed E-state index contributed by atoms with van der Waals surface area (Å²) in [7, 11) is 0. The third kappa shape index (κ3) is 1.91. The van der Waals surface area contributed by atoms with Gasteiger partial charge in [0.2, 0.25) is 0 Å². The number of rotatable bonds is 3. The van der Waals surface area contributed by atoms with E-state index in [4.69, 9.17) is 0 Å². The molecule has 0 aliphatic rings. The Balaban J connectivity index is 2.88. The number of aromatic nitrogens is 1. The average molecular weight is 166 g/mol. The first-order chi connectivity index (χ1) is 5.74. The van der Waals surface area contributed by atoms with Crippen LogP contribution in [0.5, 0.6) is 0 Å². The van der Waals surface area contributed by atoms with Crippen LogP contribution in [0, 0.1) is 17.0 Å². The van der Waals surface area contributed by atoms with Crippen LogP contribution in [0.25, 0.3) is 0 Å². The molecule has 1 N–H and O–H groups in total. The zero-order valence-corrected chi connectivity index (χ0v) is 6.36. The molecule has 5 nitrogen and oxygen atoms in total. The van der Waals surface area contributed by atoms with Crippen LogP contribution in [0.3, 0.4) is 0 Å². The molecule has 0 atom stereocenters. The number of pyridine rings is 1. The fourth-order valence-electron chi connectivity index (χ4n) is 0.758. The van der Waals surface area contributed by atoms with Crippen LogP contribution >= 0.6 is 0 Å². The van der Waals surface area contributed by atoms with E-state index in [1.165, 1.54) is 18.3 Å². The average Bonchev–Trinajstić information content (AvgIpc) is 2.05. The van der Waals surface area contributed by atoms with E-state index in [2.05, 4.69) is 17.2 Å². The fourth-order valence-corrected chi connectivity index (χ4v) is 0.758. The van der Waals surface area contributed by atoms with Crippen molar-refractivity contribution in [3.05, 3.63) is 35.4 Å². The number of hydrogen-bond donors (Lipinski definition) is 1. The van der Waals surface area contributed by atoms with Crippen molar-refractivity contribution < 1.29 is 4.92 Å². The highest BCUT2D eigenvalue weighted by molar-refractivity contribution is 5.44. The maximum Gasteiger partial charge on any atom is 0.274 e. The largest absolute Gasteiger partial charge is 0.370 e. The quantitative estimate of drug-likeness (QED) is 0.541.